The number of amidine groups is 1. The SMILES string of the molecule is COc1ccc([C@H]2N=c3ccccc3=C3C(=O)NC(SCc4ccccc4)=NN32)c(OC)c1. The molecule has 1 atom stereocenters. The lowest BCUT2D eigenvalue weighted by Crippen LogP contribution is -2.50. The van der Waals surface area contributed by atoms with Crippen LogP contribution in [0.15, 0.2) is 82.9 Å². The predicted molar refractivity (Wildman–Crippen MR) is 128 cm³/mol. The number of thioether (sulfide) groups is 1. The Morgan fingerprint density at radius 3 is 2.58 bits per heavy atom. The van der Waals surface area contributed by atoms with Gasteiger partial charge in [0, 0.05) is 22.6 Å². The first-order valence-electron chi connectivity index (χ1n) is 10.4. The molecule has 3 aromatic carbocycles. The van der Waals surface area contributed by atoms with Crippen molar-refractivity contribution in [1.82, 2.24) is 10.3 Å². The van der Waals surface area contributed by atoms with Crippen LogP contribution in [0.3, 0.4) is 0 Å². The second kappa shape index (κ2) is 8.99. The standard InChI is InChI=1S/C25H22N4O3S/c1-31-17-12-13-19(21(14-17)32-2)23-26-20-11-7-6-10-18(20)22-24(30)27-25(28-29(22)23)33-15-16-8-4-3-5-9-16/h3-14,23H,15H2,1-2H3,(H,27,28,30)/t23-/m0/s1. The van der Waals surface area contributed by atoms with E-state index in [0.29, 0.717) is 28.1 Å². The monoisotopic (exact) mass is 458 g/mol. The van der Waals surface area contributed by atoms with E-state index in [2.05, 4.69) is 5.32 Å². The van der Waals surface area contributed by atoms with Crippen molar-refractivity contribution in [1.29, 1.82) is 0 Å². The van der Waals surface area contributed by atoms with E-state index in [4.69, 9.17) is 19.6 Å². The number of nitrogens with zero attached hydrogens (tertiary/aromatic N) is 3. The number of benzene rings is 3. The second-order valence-electron chi connectivity index (χ2n) is 7.45. The molecule has 7 nitrogen and oxygen atoms in total. The Morgan fingerprint density at radius 2 is 1.79 bits per heavy atom. The maximum atomic E-state index is 13.3. The van der Waals surface area contributed by atoms with Crippen molar-refractivity contribution in [3.63, 3.8) is 0 Å². The smallest absolute Gasteiger partial charge is 0.276 e. The molecule has 3 aromatic rings. The van der Waals surface area contributed by atoms with Crippen LogP contribution in [0.5, 0.6) is 11.5 Å². The zero-order chi connectivity index (χ0) is 22.8. The van der Waals surface area contributed by atoms with Crippen LogP contribution in [0.2, 0.25) is 0 Å². The summed E-state index contributed by atoms with van der Waals surface area (Å²) in [5.74, 6) is 1.77. The molecule has 2 aliphatic heterocycles. The van der Waals surface area contributed by atoms with E-state index < -0.39 is 6.17 Å². The minimum Gasteiger partial charge on any atom is -0.497 e. The topological polar surface area (TPSA) is 75.5 Å². The van der Waals surface area contributed by atoms with Gasteiger partial charge in [-0.2, -0.15) is 0 Å². The zero-order valence-corrected chi connectivity index (χ0v) is 19.0. The van der Waals surface area contributed by atoms with E-state index in [-0.39, 0.29) is 5.91 Å². The number of carbonyl (C=O) groups is 1. The van der Waals surface area contributed by atoms with Crippen molar-refractivity contribution in [2.75, 3.05) is 14.2 Å². The first-order chi connectivity index (χ1) is 16.2. The first kappa shape index (κ1) is 21.1. The van der Waals surface area contributed by atoms with Gasteiger partial charge < -0.3 is 9.47 Å². The summed E-state index contributed by atoms with van der Waals surface area (Å²) in [6, 6.07) is 23.2. The van der Waals surface area contributed by atoms with Crippen LogP contribution in [0, 0.1) is 0 Å². The molecule has 0 unspecified atom stereocenters. The van der Waals surface area contributed by atoms with Gasteiger partial charge >= 0.3 is 0 Å². The van der Waals surface area contributed by atoms with Crippen molar-refractivity contribution in [2.24, 2.45) is 10.1 Å². The summed E-state index contributed by atoms with van der Waals surface area (Å²) in [4.78, 5) is 18.2. The summed E-state index contributed by atoms with van der Waals surface area (Å²) in [5.41, 5.74) is 2.40. The molecule has 0 bridgehead atoms. The van der Waals surface area contributed by atoms with Gasteiger partial charge in [0.15, 0.2) is 11.3 Å². The molecule has 33 heavy (non-hydrogen) atoms. The lowest BCUT2D eigenvalue weighted by molar-refractivity contribution is -0.116. The van der Waals surface area contributed by atoms with Gasteiger partial charge in [-0.25, -0.2) is 5.01 Å². The number of rotatable bonds is 5. The van der Waals surface area contributed by atoms with E-state index in [9.17, 15) is 4.79 Å². The van der Waals surface area contributed by atoms with Crippen LogP contribution >= 0.6 is 11.8 Å². The molecule has 0 aromatic heterocycles. The number of methoxy groups -OCH3 is 2. The van der Waals surface area contributed by atoms with Gasteiger partial charge in [-0.3, -0.25) is 15.1 Å². The minimum atomic E-state index is -0.561. The molecule has 8 heteroatoms. The molecule has 0 saturated carbocycles. The Bertz CT molecular complexity index is 1360. The average Bonchev–Trinajstić information content (AvgIpc) is 2.87. The first-order valence-corrected chi connectivity index (χ1v) is 11.4. The second-order valence-corrected chi connectivity index (χ2v) is 8.42. The molecular formula is C25H22N4O3S. The number of para-hydroxylation sites is 1. The van der Waals surface area contributed by atoms with Crippen molar-refractivity contribution in [2.45, 2.75) is 11.9 Å². The number of carbonyl (C=O) groups excluding carboxylic acids is 1. The third kappa shape index (κ3) is 4.05. The number of amides is 1. The van der Waals surface area contributed by atoms with Crippen molar-refractivity contribution in [3.8, 4) is 11.5 Å². The molecule has 166 valence electrons. The molecule has 1 N–H and O–H groups in total. The highest BCUT2D eigenvalue weighted by Crippen LogP contribution is 2.37. The number of nitrogens with one attached hydrogen (secondary N) is 1. The average molecular weight is 459 g/mol. The van der Waals surface area contributed by atoms with E-state index >= 15 is 0 Å². The lowest BCUT2D eigenvalue weighted by atomic mass is 10.1. The Balaban J connectivity index is 1.60. The molecule has 5 rings (SSSR count). The van der Waals surface area contributed by atoms with Crippen LogP contribution in [0.25, 0.3) is 5.70 Å². The normalized spacial score (nSPS) is 16.7. The van der Waals surface area contributed by atoms with Gasteiger partial charge in [0.25, 0.3) is 5.91 Å². The molecule has 0 aliphatic carbocycles. The highest BCUT2D eigenvalue weighted by molar-refractivity contribution is 8.13. The number of ether oxygens (including phenoxy) is 2. The van der Waals surface area contributed by atoms with Crippen molar-refractivity contribution < 1.29 is 14.3 Å². The third-order valence-electron chi connectivity index (χ3n) is 5.45. The fourth-order valence-corrected chi connectivity index (χ4v) is 4.66. The number of hydrazone groups is 1. The van der Waals surface area contributed by atoms with Gasteiger partial charge in [-0.05, 0) is 23.8 Å². The maximum absolute atomic E-state index is 13.3. The Kier molecular flexibility index (Phi) is 5.75. The molecule has 2 aliphatic rings. The van der Waals surface area contributed by atoms with Crippen molar-refractivity contribution in [3.05, 3.63) is 94.5 Å². The summed E-state index contributed by atoms with van der Waals surface area (Å²) in [5, 5.41) is 11.5. The number of hydrogen-bond acceptors (Lipinski definition) is 7. The van der Waals surface area contributed by atoms with Crippen LogP contribution in [-0.4, -0.2) is 30.3 Å². The summed E-state index contributed by atoms with van der Waals surface area (Å²) < 4.78 is 11.0. The molecule has 2 heterocycles. The van der Waals surface area contributed by atoms with Gasteiger partial charge in [-0.1, -0.05) is 60.3 Å². The third-order valence-corrected chi connectivity index (χ3v) is 6.39. The summed E-state index contributed by atoms with van der Waals surface area (Å²) in [6.07, 6.45) is -0.561. The quantitative estimate of drug-likeness (QED) is 0.636. The number of fused-ring (bicyclic) bond motifs is 2. The number of hydrogen-bond donors (Lipinski definition) is 1. The van der Waals surface area contributed by atoms with Crippen LogP contribution in [0.4, 0.5) is 0 Å². The fraction of sp³-hybridized carbons (Fsp3) is 0.160. The largest absolute Gasteiger partial charge is 0.497 e. The van der Waals surface area contributed by atoms with E-state index in [1.165, 1.54) is 11.8 Å². The highest BCUT2D eigenvalue weighted by atomic mass is 32.2. The fourth-order valence-electron chi connectivity index (χ4n) is 3.85. The summed E-state index contributed by atoms with van der Waals surface area (Å²) in [7, 11) is 3.21. The zero-order valence-electron chi connectivity index (χ0n) is 18.2. The molecule has 0 fully saturated rings. The minimum absolute atomic E-state index is 0.208. The Hall–Kier alpha value is -3.78. The summed E-state index contributed by atoms with van der Waals surface area (Å²) in [6.45, 7) is 0. The van der Waals surface area contributed by atoms with Gasteiger partial charge in [0.1, 0.15) is 17.2 Å². The molecule has 0 radical (unpaired) electrons. The Morgan fingerprint density at radius 1 is 1.00 bits per heavy atom. The molecular weight excluding hydrogens is 436 g/mol. The molecule has 0 spiro atoms. The van der Waals surface area contributed by atoms with Gasteiger partial charge in [-0.15, -0.1) is 5.10 Å². The highest BCUT2D eigenvalue weighted by Gasteiger charge is 2.35. The van der Waals surface area contributed by atoms with Crippen LogP contribution in [-0.2, 0) is 10.5 Å². The van der Waals surface area contributed by atoms with Crippen molar-refractivity contribution >= 4 is 28.5 Å². The molecule has 1 amide bonds. The molecule has 0 saturated heterocycles. The van der Waals surface area contributed by atoms with Crippen LogP contribution in [0.1, 0.15) is 17.3 Å². The summed E-state index contributed by atoms with van der Waals surface area (Å²) >= 11 is 1.47. The van der Waals surface area contributed by atoms with Crippen LogP contribution < -0.4 is 25.4 Å². The van der Waals surface area contributed by atoms with E-state index in [0.717, 1.165) is 21.7 Å². The van der Waals surface area contributed by atoms with E-state index in [1.807, 2.05) is 72.8 Å². The maximum Gasteiger partial charge on any atom is 0.276 e. The van der Waals surface area contributed by atoms with Gasteiger partial charge in [0.05, 0.1) is 19.6 Å². The predicted octanol–water partition coefficient (Wildman–Crippen LogP) is 2.78. The van der Waals surface area contributed by atoms with Gasteiger partial charge in [0.2, 0.25) is 0 Å². The Labute approximate surface area is 195 Å². The van der Waals surface area contributed by atoms with E-state index in [1.54, 1.807) is 19.2 Å². The lowest BCUT2D eigenvalue weighted by Gasteiger charge is -2.34.